The first-order valence-electron chi connectivity index (χ1n) is 6.19. The Morgan fingerprint density at radius 3 is 2.62 bits per heavy atom. The van der Waals surface area contributed by atoms with Gasteiger partial charge in [-0.2, -0.15) is 0 Å². The van der Waals surface area contributed by atoms with Crippen LogP contribution in [-0.2, 0) is 19.3 Å². The van der Waals surface area contributed by atoms with Gasteiger partial charge in [0, 0.05) is 0 Å². The molecule has 1 unspecified atom stereocenters. The molecule has 0 amide bonds. The number of benzene rings is 1. The summed E-state index contributed by atoms with van der Waals surface area (Å²) in [6.45, 7) is -0.134. The summed E-state index contributed by atoms with van der Waals surface area (Å²) < 4.78 is 0. The molecule has 0 bridgehead atoms. The lowest BCUT2D eigenvalue weighted by molar-refractivity contribution is 0.0886. The summed E-state index contributed by atoms with van der Waals surface area (Å²) in [5, 5.41) is 18.1. The van der Waals surface area contributed by atoms with Gasteiger partial charge in [-0.05, 0) is 55.2 Å². The molecule has 0 aliphatic heterocycles. The molecule has 0 saturated heterocycles. The van der Waals surface area contributed by atoms with Gasteiger partial charge in [0.15, 0.2) is 0 Å². The van der Waals surface area contributed by atoms with Crippen molar-refractivity contribution in [3.05, 3.63) is 34.9 Å². The van der Waals surface area contributed by atoms with Crippen LogP contribution in [-0.4, -0.2) is 22.9 Å². The zero-order chi connectivity index (χ0) is 11.4. The van der Waals surface area contributed by atoms with Crippen LogP contribution in [0.1, 0.15) is 36.0 Å². The van der Waals surface area contributed by atoms with Gasteiger partial charge in [-0.15, -0.1) is 0 Å². The van der Waals surface area contributed by atoms with Gasteiger partial charge in [0.25, 0.3) is 0 Å². The van der Waals surface area contributed by atoms with E-state index in [1.807, 2.05) is 0 Å². The van der Waals surface area contributed by atoms with Crippen molar-refractivity contribution >= 4 is 0 Å². The average Bonchev–Trinajstić information content (AvgIpc) is 2.35. The molecule has 1 aliphatic rings. The van der Waals surface area contributed by atoms with Gasteiger partial charge in [0.05, 0.1) is 12.7 Å². The van der Waals surface area contributed by atoms with Gasteiger partial charge in [0.1, 0.15) is 0 Å². The lowest BCUT2D eigenvalue weighted by Crippen LogP contribution is -2.13. The Morgan fingerprint density at radius 1 is 1.12 bits per heavy atom. The first-order valence-corrected chi connectivity index (χ1v) is 6.19. The second-order valence-electron chi connectivity index (χ2n) is 4.69. The third-order valence-corrected chi connectivity index (χ3v) is 3.39. The van der Waals surface area contributed by atoms with Crippen molar-refractivity contribution in [3.63, 3.8) is 0 Å². The number of fused-ring (bicyclic) bond motifs is 1. The van der Waals surface area contributed by atoms with Crippen LogP contribution in [0, 0.1) is 0 Å². The maximum atomic E-state index is 9.31. The summed E-state index contributed by atoms with van der Waals surface area (Å²) in [7, 11) is 0. The van der Waals surface area contributed by atoms with Gasteiger partial charge in [-0.3, -0.25) is 0 Å². The molecule has 88 valence electrons. The molecule has 1 atom stereocenters. The number of rotatable bonds is 4. The lowest BCUT2D eigenvalue weighted by atomic mass is 9.89. The van der Waals surface area contributed by atoms with Crippen LogP contribution in [0.2, 0.25) is 0 Å². The van der Waals surface area contributed by atoms with Crippen molar-refractivity contribution in [3.8, 4) is 0 Å². The number of aliphatic hydroxyl groups is 2. The average molecular weight is 220 g/mol. The second kappa shape index (κ2) is 5.46. The van der Waals surface area contributed by atoms with Gasteiger partial charge in [-0.1, -0.05) is 18.2 Å². The third-order valence-electron chi connectivity index (χ3n) is 3.39. The van der Waals surface area contributed by atoms with Crippen LogP contribution in [0.5, 0.6) is 0 Å². The molecule has 1 aromatic rings. The van der Waals surface area contributed by atoms with E-state index in [1.165, 1.54) is 42.4 Å². The van der Waals surface area contributed by atoms with E-state index in [2.05, 4.69) is 18.2 Å². The Balaban J connectivity index is 2.00. The quantitative estimate of drug-likeness (QED) is 0.813. The predicted molar refractivity (Wildman–Crippen MR) is 64.5 cm³/mol. The van der Waals surface area contributed by atoms with Crippen LogP contribution in [0.4, 0.5) is 0 Å². The van der Waals surface area contributed by atoms with E-state index in [9.17, 15) is 5.11 Å². The molecule has 1 aromatic carbocycles. The predicted octanol–water partition coefficient (Wildman–Crippen LogP) is 1.85. The maximum absolute atomic E-state index is 9.31. The Labute approximate surface area is 96.9 Å². The van der Waals surface area contributed by atoms with Crippen molar-refractivity contribution in [2.75, 3.05) is 6.61 Å². The number of aliphatic hydroxyl groups excluding tert-OH is 2. The second-order valence-corrected chi connectivity index (χ2v) is 4.69. The molecule has 0 fully saturated rings. The fourth-order valence-electron chi connectivity index (χ4n) is 2.37. The summed E-state index contributed by atoms with van der Waals surface area (Å²) in [5.74, 6) is 0. The lowest BCUT2D eigenvalue weighted by Gasteiger charge is -2.17. The van der Waals surface area contributed by atoms with Crippen LogP contribution in [0.3, 0.4) is 0 Å². The van der Waals surface area contributed by atoms with Crippen molar-refractivity contribution in [2.45, 2.75) is 44.6 Å². The zero-order valence-corrected chi connectivity index (χ0v) is 9.65. The van der Waals surface area contributed by atoms with E-state index in [0.29, 0.717) is 6.42 Å². The molecule has 16 heavy (non-hydrogen) atoms. The van der Waals surface area contributed by atoms with E-state index in [-0.39, 0.29) is 6.61 Å². The maximum Gasteiger partial charge on any atom is 0.0774 e. The number of hydrogen-bond donors (Lipinski definition) is 2. The smallest absolute Gasteiger partial charge is 0.0774 e. The van der Waals surface area contributed by atoms with Gasteiger partial charge < -0.3 is 10.2 Å². The molecule has 2 nitrogen and oxygen atoms in total. The molecule has 0 spiro atoms. The van der Waals surface area contributed by atoms with Crippen molar-refractivity contribution in [1.82, 2.24) is 0 Å². The minimum Gasteiger partial charge on any atom is -0.394 e. The highest BCUT2D eigenvalue weighted by Crippen LogP contribution is 2.22. The largest absolute Gasteiger partial charge is 0.394 e. The Morgan fingerprint density at radius 2 is 1.88 bits per heavy atom. The number of aryl methyl sites for hydroxylation is 3. The van der Waals surface area contributed by atoms with Crippen LogP contribution in [0.15, 0.2) is 18.2 Å². The Hall–Kier alpha value is -0.860. The highest BCUT2D eigenvalue weighted by Gasteiger charge is 2.10. The summed E-state index contributed by atoms with van der Waals surface area (Å²) in [6.07, 6.45) is 5.96. The van der Waals surface area contributed by atoms with Crippen LogP contribution >= 0.6 is 0 Å². The SMILES string of the molecule is OCC(O)CCc1ccc2c(c1)CCCC2. The molecule has 0 heterocycles. The minimum atomic E-state index is -0.573. The van der Waals surface area contributed by atoms with Gasteiger partial charge in [-0.25, -0.2) is 0 Å². The van der Waals surface area contributed by atoms with Crippen LogP contribution in [0.25, 0.3) is 0 Å². The monoisotopic (exact) mass is 220 g/mol. The fraction of sp³-hybridized carbons (Fsp3) is 0.571. The van der Waals surface area contributed by atoms with E-state index in [0.717, 1.165) is 6.42 Å². The highest BCUT2D eigenvalue weighted by molar-refractivity contribution is 5.33. The van der Waals surface area contributed by atoms with E-state index >= 15 is 0 Å². The van der Waals surface area contributed by atoms with Crippen molar-refractivity contribution in [2.24, 2.45) is 0 Å². The zero-order valence-electron chi connectivity index (χ0n) is 9.65. The molecule has 1 aliphatic carbocycles. The highest BCUT2D eigenvalue weighted by atomic mass is 16.3. The molecule has 0 aromatic heterocycles. The number of hydrogen-bond acceptors (Lipinski definition) is 2. The molecular formula is C14H20O2. The Bertz CT molecular complexity index is 347. The first kappa shape index (κ1) is 11.6. The summed E-state index contributed by atoms with van der Waals surface area (Å²) in [6, 6.07) is 6.67. The third kappa shape index (κ3) is 2.83. The summed E-state index contributed by atoms with van der Waals surface area (Å²) in [5.41, 5.74) is 4.27. The summed E-state index contributed by atoms with van der Waals surface area (Å²) >= 11 is 0. The summed E-state index contributed by atoms with van der Waals surface area (Å²) in [4.78, 5) is 0. The van der Waals surface area contributed by atoms with Crippen molar-refractivity contribution < 1.29 is 10.2 Å². The van der Waals surface area contributed by atoms with Gasteiger partial charge in [0.2, 0.25) is 0 Å². The molecular weight excluding hydrogens is 200 g/mol. The van der Waals surface area contributed by atoms with Gasteiger partial charge >= 0.3 is 0 Å². The van der Waals surface area contributed by atoms with E-state index < -0.39 is 6.10 Å². The molecule has 2 N–H and O–H groups in total. The first-order chi connectivity index (χ1) is 7.79. The topological polar surface area (TPSA) is 40.5 Å². The fourth-order valence-corrected chi connectivity index (χ4v) is 2.37. The normalized spacial score (nSPS) is 16.9. The Kier molecular flexibility index (Phi) is 3.97. The van der Waals surface area contributed by atoms with E-state index in [1.54, 1.807) is 0 Å². The minimum absolute atomic E-state index is 0.134. The molecule has 2 heteroatoms. The molecule has 0 radical (unpaired) electrons. The molecule has 2 rings (SSSR count). The van der Waals surface area contributed by atoms with Crippen molar-refractivity contribution in [1.29, 1.82) is 0 Å². The van der Waals surface area contributed by atoms with E-state index in [4.69, 9.17) is 5.11 Å². The van der Waals surface area contributed by atoms with Crippen LogP contribution < -0.4 is 0 Å². The molecule has 0 saturated carbocycles. The standard InChI is InChI=1S/C14H20O2/c15-10-14(16)8-6-11-5-7-12-3-1-2-4-13(12)9-11/h5,7,9,14-16H,1-4,6,8,10H2.